The van der Waals surface area contributed by atoms with Gasteiger partial charge in [-0.1, -0.05) is 17.7 Å². The third kappa shape index (κ3) is 6.27. The number of hydrogen-bond acceptors (Lipinski definition) is 5. The van der Waals surface area contributed by atoms with E-state index in [0.717, 1.165) is 5.56 Å². The number of aryl methyl sites for hydroxylation is 1. The average Bonchev–Trinajstić information content (AvgIpc) is 2.48. The number of aliphatic hydroxyl groups excluding tert-OH is 1. The van der Waals surface area contributed by atoms with E-state index in [0.29, 0.717) is 12.2 Å². The van der Waals surface area contributed by atoms with E-state index in [2.05, 4.69) is 0 Å². The molecule has 0 amide bonds. The van der Waals surface area contributed by atoms with E-state index in [1.807, 2.05) is 19.1 Å². The van der Waals surface area contributed by atoms with Crippen molar-refractivity contribution in [3.8, 4) is 0 Å². The summed E-state index contributed by atoms with van der Waals surface area (Å²) in [6.07, 6.45) is 1.78. The van der Waals surface area contributed by atoms with Gasteiger partial charge in [-0.15, -0.1) is 0 Å². The Labute approximate surface area is 135 Å². The highest BCUT2D eigenvalue weighted by molar-refractivity contribution is 7.85. The molecule has 0 spiro atoms. The van der Waals surface area contributed by atoms with Gasteiger partial charge in [0.25, 0.3) is 0 Å². The number of hydrogen-bond donors (Lipinski definition) is 1. The largest absolute Gasteiger partial charge is 0.744 e. The van der Waals surface area contributed by atoms with Crippen LogP contribution in [-0.4, -0.2) is 30.5 Å². The maximum Gasteiger partial charge on any atom is 0.248 e. The number of Topliss-reactive ketones (excluding diaryl/α,β-unsaturated/α-hetero) is 1. The Kier molecular flexibility index (Phi) is 7.02. The predicted octanol–water partition coefficient (Wildman–Crippen LogP) is 1.07. The highest BCUT2D eigenvalue weighted by Crippen LogP contribution is 2.08. The zero-order valence-electron chi connectivity index (χ0n) is 13.0. The van der Waals surface area contributed by atoms with Gasteiger partial charge in [0.15, 0.2) is 12.7 Å². The summed E-state index contributed by atoms with van der Waals surface area (Å²) in [5, 5.41) is 8.69. The minimum Gasteiger partial charge on any atom is -0.744 e. The average molecular weight is 337 g/mol. The molecule has 1 aromatic heterocycles. The van der Waals surface area contributed by atoms with Crippen LogP contribution in [0.25, 0.3) is 0 Å². The van der Waals surface area contributed by atoms with Crippen LogP contribution in [0.5, 0.6) is 0 Å². The smallest absolute Gasteiger partial charge is 0.248 e. The Bertz CT molecular complexity index is 754. The van der Waals surface area contributed by atoms with Crippen molar-refractivity contribution in [2.45, 2.75) is 25.3 Å². The number of carbonyl (C=O) groups is 1. The highest BCUT2D eigenvalue weighted by atomic mass is 32.2. The zero-order valence-corrected chi connectivity index (χ0v) is 13.8. The van der Waals surface area contributed by atoms with Crippen LogP contribution >= 0.6 is 0 Å². The molecule has 0 aliphatic carbocycles. The zero-order chi connectivity index (χ0) is 17.5. The second-order valence-electron chi connectivity index (χ2n) is 4.83. The molecular formula is C16H19NO5S. The summed E-state index contributed by atoms with van der Waals surface area (Å²) in [5.74, 6) is 0.0176. The molecular weight excluding hydrogens is 318 g/mol. The fourth-order valence-electron chi connectivity index (χ4n) is 1.80. The molecule has 1 N–H and O–H groups in total. The van der Waals surface area contributed by atoms with Gasteiger partial charge < -0.3 is 9.66 Å². The van der Waals surface area contributed by atoms with Gasteiger partial charge in [-0.05, 0) is 25.1 Å². The second kappa shape index (κ2) is 8.52. The summed E-state index contributed by atoms with van der Waals surface area (Å²) in [4.78, 5) is 10.9. The number of pyridine rings is 1. The summed E-state index contributed by atoms with van der Waals surface area (Å²) >= 11 is 0. The molecule has 1 heterocycles. The number of benzene rings is 1. The Morgan fingerprint density at radius 2 is 1.78 bits per heavy atom. The monoisotopic (exact) mass is 337 g/mol. The van der Waals surface area contributed by atoms with E-state index in [9.17, 15) is 17.8 Å². The van der Waals surface area contributed by atoms with E-state index in [1.54, 1.807) is 29.0 Å². The quantitative estimate of drug-likeness (QED) is 0.511. The van der Waals surface area contributed by atoms with Crippen LogP contribution < -0.4 is 4.57 Å². The summed E-state index contributed by atoms with van der Waals surface area (Å²) < 4.78 is 32.9. The van der Waals surface area contributed by atoms with Gasteiger partial charge in [-0.3, -0.25) is 4.79 Å². The van der Waals surface area contributed by atoms with E-state index >= 15 is 0 Å². The van der Waals surface area contributed by atoms with E-state index in [4.69, 9.17) is 5.11 Å². The summed E-state index contributed by atoms with van der Waals surface area (Å²) in [5.41, 5.74) is 1.56. The lowest BCUT2D eigenvalue weighted by molar-refractivity contribution is -0.699. The standard InChI is InChI=1S/C9H12NO2.C7H8O3S/c1-8(12)9-4-2-3-5-10(9)6-7-11;1-6-2-4-7(5-3-6)11(8,9)10/h2-5,11H,6-7H2,1H3;2-5H,1H3,(H,8,9,10)/q+1;/p-1. The molecule has 2 aromatic rings. The molecule has 2 rings (SSSR count). The molecule has 0 atom stereocenters. The van der Waals surface area contributed by atoms with E-state index in [1.165, 1.54) is 19.1 Å². The van der Waals surface area contributed by atoms with Crippen molar-refractivity contribution in [2.75, 3.05) is 6.61 Å². The van der Waals surface area contributed by atoms with Crippen molar-refractivity contribution in [1.82, 2.24) is 0 Å². The van der Waals surface area contributed by atoms with Gasteiger partial charge in [0.2, 0.25) is 11.5 Å². The molecule has 0 radical (unpaired) electrons. The maximum atomic E-state index is 11.0. The summed E-state index contributed by atoms with van der Waals surface area (Å²) in [7, 11) is -4.27. The second-order valence-corrected chi connectivity index (χ2v) is 6.21. The fourth-order valence-corrected chi connectivity index (χ4v) is 2.27. The van der Waals surface area contributed by atoms with E-state index < -0.39 is 10.1 Å². The van der Waals surface area contributed by atoms with Crippen molar-refractivity contribution < 1.29 is 27.4 Å². The third-order valence-corrected chi connectivity index (χ3v) is 3.80. The Hall–Kier alpha value is -2.09. The predicted molar refractivity (Wildman–Crippen MR) is 82.9 cm³/mol. The lowest BCUT2D eigenvalue weighted by atomic mass is 10.2. The van der Waals surface area contributed by atoms with Gasteiger partial charge in [-0.2, -0.15) is 4.57 Å². The molecule has 0 saturated carbocycles. The molecule has 23 heavy (non-hydrogen) atoms. The number of ketones is 1. The van der Waals surface area contributed by atoms with Crippen LogP contribution in [0.3, 0.4) is 0 Å². The van der Waals surface area contributed by atoms with Gasteiger partial charge >= 0.3 is 0 Å². The maximum absolute atomic E-state index is 11.0. The number of rotatable bonds is 4. The van der Waals surface area contributed by atoms with Crippen LogP contribution in [0.15, 0.2) is 53.6 Å². The van der Waals surface area contributed by atoms with Gasteiger partial charge in [0, 0.05) is 19.1 Å². The van der Waals surface area contributed by atoms with E-state index in [-0.39, 0.29) is 17.3 Å². The molecule has 0 aliphatic heterocycles. The van der Waals surface area contributed by atoms with Crippen LogP contribution in [-0.2, 0) is 16.7 Å². The molecule has 1 aromatic carbocycles. The van der Waals surface area contributed by atoms with Gasteiger partial charge in [0.05, 0.1) is 4.90 Å². The van der Waals surface area contributed by atoms with Gasteiger partial charge in [0.1, 0.15) is 16.7 Å². The minimum absolute atomic E-state index is 0.0176. The Balaban J connectivity index is 0.000000231. The van der Waals surface area contributed by atoms with Gasteiger partial charge in [-0.25, -0.2) is 8.42 Å². The first-order valence-electron chi connectivity index (χ1n) is 6.88. The van der Waals surface area contributed by atoms with Crippen LogP contribution in [0.4, 0.5) is 0 Å². The molecule has 0 saturated heterocycles. The number of aromatic nitrogens is 1. The molecule has 6 nitrogen and oxygen atoms in total. The first kappa shape index (κ1) is 19.0. The SMILES string of the molecule is CC(=O)c1cccc[n+]1CCO.Cc1ccc(S(=O)(=O)[O-])cc1. The Morgan fingerprint density at radius 1 is 1.17 bits per heavy atom. The fraction of sp³-hybridized carbons (Fsp3) is 0.250. The molecule has 0 fully saturated rings. The lowest BCUT2D eigenvalue weighted by Crippen LogP contribution is -2.40. The molecule has 124 valence electrons. The Morgan fingerprint density at radius 3 is 2.26 bits per heavy atom. The molecule has 0 aliphatic rings. The van der Waals surface area contributed by atoms with Crippen LogP contribution in [0.1, 0.15) is 23.0 Å². The number of aliphatic hydroxyl groups is 1. The number of carbonyl (C=O) groups excluding carboxylic acids is 1. The first-order chi connectivity index (χ1) is 10.8. The molecule has 0 unspecified atom stereocenters. The first-order valence-corrected chi connectivity index (χ1v) is 8.29. The normalized spacial score (nSPS) is 10.6. The summed E-state index contributed by atoms with van der Waals surface area (Å²) in [6, 6.07) is 11.2. The van der Waals surface area contributed by atoms with Crippen molar-refractivity contribution >= 4 is 15.9 Å². The summed E-state index contributed by atoms with van der Waals surface area (Å²) in [6.45, 7) is 3.86. The highest BCUT2D eigenvalue weighted by Gasteiger charge is 2.12. The topological polar surface area (TPSA) is 98.4 Å². The van der Waals surface area contributed by atoms with Crippen molar-refractivity contribution in [3.05, 3.63) is 59.9 Å². The molecule has 7 heteroatoms. The lowest BCUT2D eigenvalue weighted by Gasteiger charge is -2.05. The van der Waals surface area contributed by atoms with Crippen molar-refractivity contribution in [2.24, 2.45) is 0 Å². The van der Waals surface area contributed by atoms with Crippen LogP contribution in [0.2, 0.25) is 0 Å². The minimum atomic E-state index is -4.27. The van der Waals surface area contributed by atoms with Crippen LogP contribution in [0, 0.1) is 6.92 Å². The third-order valence-electron chi connectivity index (χ3n) is 2.95. The molecule has 0 bridgehead atoms. The van der Waals surface area contributed by atoms with Crippen molar-refractivity contribution in [3.63, 3.8) is 0 Å². The van der Waals surface area contributed by atoms with Crippen molar-refractivity contribution in [1.29, 1.82) is 0 Å². The number of nitrogens with zero attached hydrogens (tertiary/aromatic N) is 1.